The lowest BCUT2D eigenvalue weighted by molar-refractivity contribution is -0.127. The van der Waals surface area contributed by atoms with Crippen LogP contribution >= 0.6 is 0 Å². The van der Waals surface area contributed by atoms with Gasteiger partial charge in [0.2, 0.25) is 5.91 Å². The third-order valence-electron chi connectivity index (χ3n) is 3.05. The number of anilines is 1. The smallest absolute Gasteiger partial charge is 0.244 e. The molecule has 1 aliphatic rings. The summed E-state index contributed by atoms with van der Waals surface area (Å²) in [5.74, 6) is 0.0921. The first kappa shape index (κ1) is 11.5. The lowest BCUT2D eigenvalue weighted by Gasteiger charge is -2.14. The molecule has 1 aromatic carbocycles. The largest absolute Gasteiger partial charge is 0.373 e. The quantitative estimate of drug-likeness (QED) is 0.836. The van der Waals surface area contributed by atoms with Gasteiger partial charge < -0.3 is 10.2 Å². The summed E-state index contributed by atoms with van der Waals surface area (Å²) in [5.41, 5.74) is 2.38. The van der Waals surface area contributed by atoms with Crippen molar-refractivity contribution in [3.63, 3.8) is 0 Å². The average Bonchev–Trinajstić information content (AvgIpc) is 2.63. The predicted molar refractivity (Wildman–Crippen MR) is 65.6 cm³/mol. The normalized spacial score (nSPS) is 19.2. The second kappa shape index (κ2) is 4.46. The van der Waals surface area contributed by atoms with E-state index in [4.69, 9.17) is 5.26 Å². The van der Waals surface area contributed by atoms with Crippen LogP contribution in [0.4, 0.5) is 5.69 Å². The van der Waals surface area contributed by atoms with E-state index in [0.29, 0.717) is 5.56 Å². The van der Waals surface area contributed by atoms with Gasteiger partial charge in [0.1, 0.15) is 12.1 Å². The third kappa shape index (κ3) is 2.23. The Bertz CT molecular complexity index is 490. The van der Waals surface area contributed by atoms with Crippen LogP contribution in [0.3, 0.4) is 0 Å². The summed E-state index contributed by atoms with van der Waals surface area (Å²) in [5, 5.41) is 12.2. The van der Waals surface area contributed by atoms with Crippen LogP contribution in [0.5, 0.6) is 0 Å². The number of nitriles is 1. The molecule has 0 bridgehead atoms. The highest BCUT2D eigenvalue weighted by Gasteiger charge is 2.29. The highest BCUT2D eigenvalue weighted by atomic mass is 16.2. The molecule has 1 aromatic rings. The van der Waals surface area contributed by atoms with Gasteiger partial charge in [0.25, 0.3) is 0 Å². The Morgan fingerprint density at radius 2 is 2.29 bits per heavy atom. The highest BCUT2D eigenvalue weighted by molar-refractivity contribution is 5.86. The monoisotopic (exact) mass is 229 g/mol. The van der Waals surface area contributed by atoms with Gasteiger partial charge >= 0.3 is 0 Å². The van der Waals surface area contributed by atoms with Crippen LogP contribution in [0.25, 0.3) is 0 Å². The van der Waals surface area contributed by atoms with Crippen LogP contribution in [0.15, 0.2) is 18.2 Å². The average molecular weight is 229 g/mol. The summed E-state index contributed by atoms with van der Waals surface area (Å²) in [6.45, 7) is 2.71. The van der Waals surface area contributed by atoms with Crippen LogP contribution in [0.1, 0.15) is 17.5 Å². The van der Waals surface area contributed by atoms with Crippen molar-refractivity contribution in [2.45, 2.75) is 19.4 Å². The number of hydrogen-bond acceptors (Lipinski definition) is 3. The second-order valence-corrected chi connectivity index (χ2v) is 4.41. The van der Waals surface area contributed by atoms with Crippen molar-refractivity contribution in [2.24, 2.45) is 0 Å². The van der Waals surface area contributed by atoms with E-state index in [9.17, 15) is 4.79 Å². The molecule has 0 aliphatic carbocycles. The van der Waals surface area contributed by atoms with Crippen LogP contribution in [-0.4, -0.2) is 30.4 Å². The second-order valence-electron chi connectivity index (χ2n) is 4.41. The molecule has 0 radical (unpaired) electrons. The fraction of sp³-hybridized carbons (Fsp3) is 0.385. The minimum atomic E-state index is -0.199. The van der Waals surface area contributed by atoms with Gasteiger partial charge in [0.05, 0.1) is 11.3 Å². The zero-order valence-electron chi connectivity index (χ0n) is 10.0. The number of carbonyl (C=O) groups excluding carboxylic acids is 1. The van der Waals surface area contributed by atoms with Crippen LogP contribution in [0, 0.1) is 18.3 Å². The number of nitrogens with one attached hydrogen (secondary N) is 1. The molecule has 4 heteroatoms. The SMILES string of the molecule is Cc1ccc(NC2CCN(C)C2=O)c(C#N)c1. The molecular weight excluding hydrogens is 214 g/mol. The summed E-state index contributed by atoms with van der Waals surface area (Å²) in [6.07, 6.45) is 0.786. The van der Waals surface area contributed by atoms with Gasteiger partial charge in [0, 0.05) is 13.6 Å². The Kier molecular flexibility index (Phi) is 3.01. The first-order valence-electron chi connectivity index (χ1n) is 5.64. The van der Waals surface area contributed by atoms with Gasteiger partial charge in [-0.05, 0) is 31.0 Å². The van der Waals surface area contributed by atoms with Crippen molar-refractivity contribution in [1.82, 2.24) is 4.90 Å². The molecule has 1 amide bonds. The summed E-state index contributed by atoms with van der Waals surface area (Å²) in [6, 6.07) is 7.57. The Balaban J connectivity index is 2.20. The minimum absolute atomic E-state index is 0.0921. The fourth-order valence-corrected chi connectivity index (χ4v) is 2.02. The van der Waals surface area contributed by atoms with Crippen molar-refractivity contribution in [2.75, 3.05) is 18.9 Å². The maximum absolute atomic E-state index is 11.8. The number of amides is 1. The van der Waals surface area contributed by atoms with Crippen LogP contribution in [-0.2, 0) is 4.79 Å². The summed E-state index contributed by atoms with van der Waals surface area (Å²) in [7, 11) is 1.80. The zero-order chi connectivity index (χ0) is 12.4. The molecule has 1 N–H and O–H groups in total. The number of likely N-dealkylation sites (N-methyl/N-ethyl adjacent to an activating group) is 1. The molecule has 17 heavy (non-hydrogen) atoms. The van der Waals surface area contributed by atoms with Gasteiger partial charge in [-0.1, -0.05) is 6.07 Å². The molecule has 1 fully saturated rings. The summed E-state index contributed by atoms with van der Waals surface area (Å²) in [4.78, 5) is 13.5. The molecule has 2 rings (SSSR count). The van der Waals surface area contributed by atoms with Crippen molar-refractivity contribution < 1.29 is 4.79 Å². The molecule has 1 atom stereocenters. The van der Waals surface area contributed by atoms with Crippen molar-refractivity contribution in [3.05, 3.63) is 29.3 Å². The van der Waals surface area contributed by atoms with Gasteiger partial charge in [-0.3, -0.25) is 4.79 Å². The van der Waals surface area contributed by atoms with Gasteiger partial charge in [-0.25, -0.2) is 0 Å². The molecule has 88 valence electrons. The number of hydrogen-bond donors (Lipinski definition) is 1. The number of nitrogens with zero attached hydrogens (tertiary/aromatic N) is 2. The Labute approximate surface area is 101 Å². The molecule has 0 spiro atoms. The van der Waals surface area contributed by atoms with E-state index in [1.165, 1.54) is 0 Å². The molecule has 1 aliphatic heterocycles. The lowest BCUT2D eigenvalue weighted by atomic mass is 10.1. The highest BCUT2D eigenvalue weighted by Crippen LogP contribution is 2.20. The van der Waals surface area contributed by atoms with Gasteiger partial charge in [-0.15, -0.1) is 0 Å². The first-order chi connectivity index (χ1) is 8.11. The van der Waals surface area contributed by atoms with E-state index in [1.807, 2.05) is 25.1 Å². The molecule has 1 heterocycles. The van der Waals surface area contributed by atoms with Crippen LogP contribution < -0.4 is 5.32 Å². The molecule has 4 nitrogen and oxygen atoms in total. The van der Waals surface area contributed by atoms with E-state index in [-0.39, 0.29) is 11.9 Å². The number of aryl methyl sites for hydroxylation is 1. The third-order valence-corrected chi connectivity index (χ3v) is 3.05. The number of benzene rings is 1. The van der Waals surface area contributed by atoms with E-state index < -0.39 is 0 Å². The Morgan fingerprint density at radius 1 is 1.53 bits per heavy atom. The maximum atomic E-state index is 11.8. The molecule has 0 aromatic heterocycles. The van der Waals surface area contributed by atoms with E-state index in [2.05, 4.69) is 11.4 Å². The molecule has 0 saturated carbocycles. The lowest BCUT2D eigenvalue weighted by Crippen LogP contribution is -2.31. The van der Waals surface area contributed by atoms with Crippen LogP contribution in [0.2, 0.25) is 0 Å². The van der Waals surface area contributed by atoms with Crippen molar-refractivity contribution >= 4 is 11.6 Å². The van der Waals surface area contributed by atoms with Gasteiger partial charge in [-0.2, -0.15) is 5.26 Å². The van der Waals surface area contributed by atoms with Crippen molar-refractivity contribution in [3.8, 4) is 6.07 Å². The number of likely N-dealkylation sites (tertiary alicyclic amines) is 1. The molecule has 1 saturated heterocycles. The van der Waals surface area contributed by atoms with E-state index in [0.717, 1.165) is 24.2 Å². The Morgan fingerprint density at radius 3 is 2.88 bits per heavy atom. The van der Waals surface area contributed by atoms with E-state index in [1.54, 1.807) is 11.9 Å². The summed E-state index contributed by atoms with van der Waals surface area (Å²) < 4.78 is 0. The maximum Gasteiger partial charge on any atom is 0.244 e. The fourth-order valence-electron chi connectivity index (χ4n) is 2.02. The van der Waals surface area contributed by atoms with E-state index >= 15 is 0 Å². The van der Waals surface area contributed by atoms with Gasteiger partial charge in [0.15, 0.2) is 0 Å². The minimum Gasteiger partial charge on any atom is -0.373 e. The Hall–Kier alpha value is -2.02. The first-order valence-corrected chi connectivity index (χ1v) is 5.64. The van der Waals surface area contributed by atoms with Crippen molar-refractivity contribution in [1.29, 1.82) is 5.26 Å². The standard InChI is InChI=1S/C13H15N3O/c1-9-3-4-11(10(7-9)8-14)15-12-5-6-16(2)13(12)17/h3-4,7,12,15H,5-6H2,1-2H3. The molecular formula is C13H15N3O. The number of rotatable bonds is 2. The predicted octanol–water partition coefficient (Wildman–Crippen LogP) is 1.51. The number of carbonyl (C=O) groups is 1. The zero-order valence-corrected chi connectivity index (χ0v) is 10.0. The molecule has 1 unspecified atom stereocenters. The summed E-state index contributed by atoms with van der Waals surface area (Å²) >= 11 is 0. The topological polar surface area (TPSA) is 56.1 Å².